The zero-order chi connectivity index (χ0) is 20.8. The first-order valence-electron chi connectivity index (χ1n) is 10.4. The lowest BCUT2D eigenvalue weighted by atomic mass is 9.91. The van der Waals surface area contributed by atoms with E-state index in [-0.39, 0.29) is 11.9 Å². The van der Waals surface area contributed by atoms with Crippen LogP contribution in [-0.4, -0.2) is 29.9 Å². The van der Waals surface area contributed by atoms with Gasteiger partial charge in [0.15, 0.2) is 0 Å². The van der Waals surface area contributed by atoms with Gasteiger partial charge in [-0.3, -0.25) is 4.79 Å². The lowest BCUT2D eigenvalue weighted by Gasteiger charge is -2.23. The first kappa shape index (κ1) is 20.9. The van der Waals surface area contributed by atoms with Crippen molar-refractivity contribution in [2.75, 3.05) is 18.4 Å². The van der Waals surface area contributed by atoms with Crippen molar-refractivity contribution >= 4 is 11.6 Å². The quantitative estimate of drug-likeness (QED) is 0.800. The molecular weight excluding hydrogens is 360 g/mol. The molecule has 0 bridgehead atoms. The molecule has 1 aliphatic heterocycles. The number of nitrogens with two attached hydrogens (primary N) is 1. The van der Waals surface area contributed by atoms with Crippen LogP contribution in [0, 0.1) is 11.3 Å². The average Bonchev–Trinajstić information content (AvgIpc) is 2.99. The minimum absolute atomic E-state index is 0.0807. The van der Waals surface area contributed by atoms with Crippen molar-refractivity contribution in [3.63, 3.8) is 0 Å². The van der Waals surface area contributed by atoms with E-state index in [1.165, 1.54) is 5.56 Å². The van der Waals surface area contributed by atoms with Gasteiger partial charge in [-0.2, -0.15) is 5.26 Å². The Morgan fingerprint density at radius 2 is 1.97 bits per heavy atom. The van der Waals surface area contributed by atoms with Crippen molar-refractivity contribution in [1.29, 1.82) is 5.26 Å². The standard InChI is InChI=1S/C24H30N4O/c1-17(2)27-23-14-19(16-26)7-10-22(23)24(29)28-12-3-4-20(11-13-28)21-8-5-18(15-25)6-9-21/h5-10,14,17,20,27H,3-4,11-13,16,26H2,1-2H3. The number of likely N-dealkylation sites (tertiary alicyclic amines) is 1. The maximum atomic E-state index is 13.3. The minimum atomic E-state index is 0.0807. The van der Waals surface area contributed by atoms with Crippen molar-refractivity contribution in [3.05, 3.63) is 64.7 Å². The number of nitrogens with zero attached hydrogens (tertiary/aromatic N) is 2. The van der Waals surface area contributed by atoms with Crippen molar-refractivity contribution in [2.24, 2.45) is 5.73 Å². The van der Waals surface area contributed by atoms with Crippen molar-refractivity contribution < 1.29 is 4.79 Å². The average molecular weight is 391 g/mol. The summed E-state index contributed by atoms with van der Waals surface area (Å²) in [6, 6.07) is 16.1. The third-order valence-electron chi connectivity index (χ3n) is 5.52. The fourth-order valence-electron chi connectivity index (χ4n) is 3.97. The molecular formula is C24H30N4O. The highest BCUT2D eigenvalue weighted by Gasteiger charge is 2.24. The SMILES string of the molecule is CC(C)Nc1cc(CN)ccc1C(=O)N1CCCC(c2ccc(C#N)cc2)CC1. The zero-order valence-corrected chi connectivity index (χ0v) is 17.3. The first-order chi connectivity index (χ1) is 14.0. The van der Waals surface area contributed by atoms with Crippen LogP contribution in [0.4, 0.5) is 5.69 Å². The van der Waals surface area contributed by atoms with Gasteiger partial charge in [-0.05, 0) is 74.4 Å². The summed E-state index contributed by atoms with van der Waals surface area (Å²) >= 11 is 0. The summed E-state index contributed by atoms with van der Waals surface area (Å²) in [5.41, 5.74) is 10.3. The molecule has 1 fully saturated rings. The molecule has 2 aromatic rings. The van der Waals surface area contributed by atoms with E-state index < -0.39 is 0 Å². The van der Waals surface area contributed by atoms with Crippen LogP contribution < -0.4 is 11.1 Å². The summed E-state index contributed by atoms with van der Waals surface area (Å²) in [6.07, 6.45) is 2.97. The summed E-state index contributed by atoms with van der Waals surface area (Å²) in [6.45, 7) is 6.10. The third kappa shape index (κ3) is 5.16. The molecule has 3 rings (SSSR count). The van der Waals surface area contributed by atoms with Crippen LogP contribution in [0.25, 0.3) is 0 Å². The fraction of sp³-hybridized carbons (Fsp3) is 0.417. The van der Waals surface area contributed by atoms with E-state index in [9.17, 15) is 4.79 Å². The summed E-state index contributed by atoms with van der Waals surface area (Å²) in [4.78, 5) is 15.3. The molecule has 0 saturated carbocycles. The molecule has 1 aliphatic rings. The van der Waals surface area contributed by atoms with Crippen LogP contribution in [0.1, 0.15) is 66.1 Å². The topological polar surface area (TPSA) is 82.2 Å². The maximum Gasteiger partial charge on any atom is 0.255 e. The molecule has 0 aliphatic carbocycles. The van der Waals surface area contributed by atoms with Crippen molar-refractivity contribution in [1.82, 2.24) is 4.90 Å². The number of nitrogens with one attached hydrogen (secondary N) is 1. The zero-order valence-electron chi connectivity index (χ0n) is 17.3. The molecule has 5 heteroatoms. The Labute approximate surface area is 173 Å². The second-order valence-electron chi connectivity index (χ2n) is 8.04. The van der Waals surface area contributed by atoms with Crippen LogP contribution in [0.3, 0.4) is 0 Å². The van der Waals surface area contributed by atoms with Crippen LogP contribution >= 0.6 is 0 Å². The number of carbonyl (C=O) groups excluding carboxylic acids is 1. The lowest BCUT2D eigenvalue weighted by molar-refractivity contribution is 0.0762. The van der Waals surface area contributed by atoms with Crippen LogP contribution in [-0.2, 0) is 6.54 Å². The second kappa shape index (κ2) is 9.58. The number of carbonyl (C=O) groups is 1. The fourth-order valence-corrected chi connectivity index (χ4v) is 3.97. The molecule has 0 aromatic heterocycles. The number of hydrogen-bond acceptors (Lipinski definition) is 4. The van der Waals surface area contributed by atoms with E-state index in [2.05, 4.69) is 37.4 Å². The predicted molar refractivity (Wildman–Crippen MR) is 117 cm³/mol. The van der Waals surface area contributed by atoms with Crippen molar-refractivity contribution in [3.8, 4) is 6.07 Å². The molecule has 1 atom stereocenters. The van der Waals surface area contributed by atoms with Gasteiger partial charge < -0.3 is 16.0 Å². The molecule has 5 nitrogen and oxygen atoms in total. The van der Waals surface area contributed by atoms with Crippen LogP contribution in [0.5, 0.6) is 0 Å². The first-order valence-corrected chi connectivity index (χ1v) is 10.4. The highest BCUT2D eigenvalue weighted by Crippen LogP contribution is 2.30. The molecule has 29 heavy (non-hydrogen) atoms. The molecule has 152 valence electrons. The highest BCUT2D eigenvalue weighted by molar-refractivity contribution is 5.99. The summed E-state index contributed by atoms with van der Waals surface area (Å²) in [5.74, 6) is 0.505. The minimum Gasteiger partial charge on any atom is -0.382 e. The van der Waals surface area contributed by atoms with Gasteiger partial charge in [-0.1, -0.05) is 18.2 Å². The lowest BCUT2D eigenvalue weighted by Crippen LogP contribution is -2.33. The molecule has 0 spiro atoms. The van der Waals surface area contributed by atoms with Gasteiger partial charge >= 0.3 is 0 Å². The molecule has 1 amide bonds. The van der Waals surface area contributed by atoms with E-state index in [4.69, 9.17) is 11.0 Å². The number of hydrogen-bond donors (Lipinski definition) is 2. The molecule has 0 radical (unpaired) electrons. The van der Waals surface area contributed by atoms with E-state index in [1.807, 2.05) is 35.2 Å². The van der Waals surface area contributed by atoms with Gasteiger partial charge in [-0.15, -0.1) is 0 Å². The van der Waals surface area contributed by atoms with Gasteiger partial charge in [0.2, 0.25) is 0 Å². The molecule has 1 unspecified atom stereocenters. The molecule has 1 saturated heterocycles. The largest absolute Gasteiger partial charge is 0.382 e. The van der Waals surface area contributed by atoms with Gasteiger partial charge in [-0.25, -0.2) is 0 Å². The monoisotopic (exact) mass is 390 g/mol. The number of rotatable bonds is 5. The predicted octanol–water partition coefficient (Wildman–Crippen LogP) is 4.25. The Morgan fingerprint density at radius 3 is 2.62 bits per heavy atom. The Bertz CT molecular complexity index is 883. The Kier molecular flexibility index (Phi) is 6.90. The van der Waals surface area contributed by atoms with E-state index in [0.29, 0.717) is 23.6 Å². The molecule has 3 N–H and O–H groups in total. The summed E-state index contributed by atoms with van der Waals surface area (Å²) < 4.78 is 0. The molecule has 1 heterocycles. The van der Waals surface area contributed by atoms with Crippen LogP contribution in [0.2, 0.25) is 0 Å². The summed E-state index contributed by atoms with van der Waals surface area (Å²) in [7, 11) is 0. The number of amides is 1. The maximum absolute atomic E-state index is 13.3. The van der Waals surface area contributed by atoms with E-state index in [0.717, 1.165) is 43.6 Å². The number of anilines is 1. The number of benzene rings is 2. The van der Waals surface area contributed by atoms with Crippen molar-refractivity contribution in [2.45, 2.75) is 51.6 Å². The normalized spacial score (nSPS) is 16.9. The third-order valence-corrected chi connectivity index (χ3v) is 5.52. The van der Waals surface area contributed by atoms with E-state index in [1.54, 1.807) is 0 Å². The van der Waals surface area contributed by atoms with Gasteiger partial charge in [0, 0.05) is 31.4 Å². The Balaban J connectivity index is 1.74. The summed E-state index contributed by atoms with van der Waals surface area (Å²) in [5, 5.41) is 12.4. The second-order valence-corrected chi connectivity index (χ2v) is 8.04. The van der Waals surface area contributed by atoms with Gasteiger partial charge in [0.25, 0.3) is 5.91 Å². The van der Waals surface area contributed by atoms with Gasteiger partial charge in [0.1, 0.15) is 0 Å². The number of nitriles is 1. The Hall–Kier alpha value is -2.84. The van der Waals surface area contributed by atoms with E-state index >= 15 is 0 Å². The Morgan fingerprint density at radius 1 is 1.21 bits per heavy atom. The highest BCUT2D eigenvalue weighted by atomic mass is 16.2. The van der Waals surface area contributed by atoms with Gasteiger partial charge in [0.05, 0.1) is 17.2 Å². The molecule has 2 aromatic carbocycles. The smallest absolute Gasteiger partial charge is 0.255 e. The van der Waals surface area contributed by atoms with Crippen LogP contribution in [0.15, 0.2) is 42.5 Å².